The van der Waals surface area contributed by atoms with Crippen molar-refractivity contribution in [3.8, 4) is 0 Å². The van der Waals surface area contributed by atoms with Crippen LogP contribution in [-0.2, 0) is 11.2 Å². The van der Waals surface area contributed by atoms with Gasteiger partial charge in [-0.1, -0.05) is 54.6 Å². The van der Waals surface area contributed by atoms with Crippen LogP contribution in [0.25, 0.3) is 10.8 Å². The fourth-order valence-electron chi connectivity index (χ4n) is 2.86. The standard InChI is InChI=1S/C23H25NO2/c1-23(2,3)26-22(25)24(4)21-13-10-17(11-14-21)15-18-9-12-19-7-5-6-8-20(19)16-18/h5-14,16H,15H2,1-4H3. The lowest BCUT2D eigenvalue weighted by Crippen LogP contribution is -2.34. The van der Waals surface area contributed by atoms with Crippen LogP contribution in [0.4, 0.5) is 10.5 Å². The van der Waals surface area contributed by atoms with Crippen LogP contribution in [0.5, 0.6) is 0 Å². The molecule has 0 heterocycles. The molecule has 0 saturated carbocycles. The van der Waals surface area contributed by atoms with Gasteiger partial charge in [-0.2, -0.15) is 0 Å². The van der Waals surface area contributed by atoms with Gasteiger partial charge in [-0.3, -0.25) is 4.90 Å². The average Bonchev–Trinajstić information content (AvgIpc) is 2.60. The van der Waals surface area contributed by atoms with Gasteiger partial charge in [0.1, 0.15) is 5.60 Å². The topological polar surface area (TPSA) is 29.5 Å². The predicted octanol–water partition coefficient (Wildman–Crippen LogP) is 5.80. The summed E-state index contributed by atoms with van der Waals surface area (Å²) in [5, 5.41) is 2.51. The third-order valence-electron chi connectivity index (χ3n) is 4.21. The summed E-state index contributed by atoms with van der Waals surface area (Å²) < 4.78 is 5.41. The molecule has 0 atom stereocenters. The van der Waals surface area contributed by atoms with Gasteiger partial charge in [0.05, 0.1) is 0 Å². The van der Waals surface area contributed by atoms with Crippen molar-refractivity contribution in [1.29, 1.82) is 0 Å². The number of rotatable bonds is 3. The van der Waals surface area contributed by atoms with Gasteiger partial charge in [-0.15, -0.1) is 0 Å². The summed E-state index contributed by atoms with van der Waals surface area (Å²) in [6.07, 6.45) is 0.515. The molecule has 0 saturated heterocycles. The van der Waals surface area contributed by atoms with E-state index < -0.39 is 5.60 Å². The first kappa shape index (κ1) is 18.0. The second-order valence-corrected chi connectivity index (χ2v) is 7.56. The molecule has 0 bridgehead atoms. The molecule has 0 fully saturated rings. The predicted molar refractivity (Wildman–Crippen MR) is 108 cm³/mol. The van der Waals surface area contributed by atoms with Crippen molar-refractivity contribution in [2.24, 2.45) is 0 Å². The highest BCUT2D eigenvalue weighted by atomic mass is 16.6. The normalized spacial score (nSPS) is 11.4. The molecule has 0 aliphatic rings. The van der Waals surface area contributed by atoms with Gasteiger partial charge in [-0.25, -0.2) is 4.79 Å². The lowest BCUT2D eigenvalue weighted by atomic mass is 10.0. The molecule has 0 spiro atoms. The lowest BCUT2D eigenvalue weighted by molar-refractivity contribution is 0.0589. The van der Waals surface area contributed by atoms with Crippen molar-refractivity contribution in [2.45, 2.75) is 32.8 Å². The van der Waals surface area contributed by atoms with E-state index in [1.54, 1.807) is 7.05 Å². The van der Waals surface area contributed by atoms with Crippen molar-refractivity contribution in [3.63, 3.8) is 0 Å². The quantitative estimate of drug-likeness (QED) is 0.599. The minimum atomic E-state index is -0.499. The van der Waals surface area contributed by atoms with Crippen LogP contribution in [-0.4, -0.2) is 18.7 Å². The summed E-state index contributed by atoms with van der Waals surface area (Å²) >= 11 is 0. The van der Waals surface area contributed by atoms with E-state index in [2.05, 4.69) is 54.6 Å². The summed E-state index contributed by atoms with van der Waals surface area (Å²) in [7, 11) is 1.73. The molecule has 134 valence electrons. The van der Waals surface area contributed by atoms with Crippen LogP contribution in [0.3, 0.4) is 0 Å². The maximum absolute atomic E-state index is 12.2. The lowest BCUT2D eigenvalue weighted by Gasteiger charge is -2.24. The second kappa shape index (κ2) is 7.20. The van der Waals surface area contributed by atoms with Gasteiger partial charge in [-0.05, 0) is 61.2 Å². The third kappa shape index (κ3) is 4.42. The zero-order valence-electron chi connectivity index (χ0n) is 15.8. The number of hydrogen-bond acceptors (Lipinski definition) is 2. The minimum Gasteiger partial charge on any atom is -0.443 e. The number of ether oxygens (including phenoxy) is 1. The van der Waals surface area contributed by atoms with Crippen LogP contribution < -0.4 is 4.90 Å². The van der Waals surface area contributed by atoms with E-state index in [1.165, 1.54) is 26.8 Å². The first-order chi connectivity index (χ1) is 12.3. The van der Waals surface area contributed by atoms with E-state index in [1.807, 2.05) is 32.9 Å². The van der Waals surface area contributed by atoms with Crippen LogP contribution in [0.2, 0.25) is 0 Å². The molecule has 0 aromatic heterocycles. The van der Waals surface area contributed by atoms with Crippen LogP contribution >= 0.6 is 0 Å². The zero-order valence-corrected chi connectivity index (χ0v) is 15.8. The third-order valence-corrected chi connectivity index (χ3v) is 4.21. The van der Waals surface area contributed by atoms with Gasteiger partial charge in [0.25, 0.3) is 0 Å². The Morgan fingerprint density at radius 1 is 0.885 bits per heavy atom. The minimum absolute atomic E-state index is 0.347. The van der Waals surface area contributed by atoms with E-state index in [9.17, 15) is 4.79 Å². The molecule has 3 aromatic rings. The maximum Gasteiger partial charge on any atom is 0.414 e. The Kier molecular flexibility index (Phi) is 4.99. The molecule has 0 N–H and O–H groups in total. The average molecular weight is 347 g/mol. The molecule has 3 heteroatoms. The fraction of sp³-hybridized carbons (Fsp3) is 0.261. The molecule has 1 amide bonds. The molecule has 0 aliphatic carbocycles. The Morgan fingerprint density at radius 2 is 1.50 bits per heavy atom. The Hall–Kier alpha value is -2.81. The molecule has 3 nitrogen and oxygen atoms in total. The van der Waals surface area contributed by atoms with Crippen molar-refractivity contribution >= 4 is 22.6 Å². The first-order valence-electron chi connectivity index (χ1n) is 8.85. The van der Waals surface area contributed by atoms with Crippen LogP contribution in [0.15, 0.2) is 66.7 Å². The van der Waals surface area contributed by atoms with E-state index >= 15 is 0 Å². The Labute approximate surface area is 155 Å². The molecule has 0 aliphatic heterocycles. The largest absolute Gasteiger partial charge is 0.443 e. The Bertz CT molecular complexity index is 907. The van der Waals surface area contributed by atoms with Gasteiger partial charge in [0.15, 0.2) is 0 Å². The number of amides is 1. The summed E-state index contributed by atoms with van der Waals surface area (Å²) in [5.74, 6) is 0. The van der Waals surface area contributed by atoms with E-state index in [-0.39, 0.29) is 6.09 Å². The summed E-state index contributed by atoms with van der Waals surface area (Å²) in [6, 6.07) is 23.0. The maximum atomic E-state index is 12.2. The Morgan fingerprint density at radius 3 is 2.15 bits per heavy atom. The number of benzene rings is 3. The van der Waals surface area contributed by atoms with E-state index in [0.717, 1.165) is 12.1 Å². The summed E-state index contributed by atoms with van der Waals surface area (Å²) in [5.41, 5.74) is 2.81. The molecular formula is C23H25NO2. The van der Waals surface area contributed by atoms with Crippen molar-refractivity contribution in [1.82, 2.24) is 0 Å². The van der Waals surface area contributed by atoms with Crippen molar-refractivity contribution < 1.29 is 9.53 Å². The zero-order chi connectivity index (χ0) is 18.7. The highest BCUT2D eigenvalue weighted by Gasteiger charge is 2.20. The van der Waals surface area contributed by atoms with Gasteiger partial charge >= 0.3 is 6.09 Å². The molecule has 0 radical (unpaired) electrons. The molecule has 26 heavy (non-hydrogen) atoms. The van der Waals surface area contributed by atoms with Gasteiger partial charge in [0.2, 0.25) is 0 Å². The van der Waals surface area contributed by atoms with Gasteiger partial charge < -0.3 is 4.74 Å². The summed E-state index contributed by atoms with van der Waals surface area (Å²) in [6.45, 7) is 5.60. The monoisotopic (exact) mass is 347 g/mol. The number of carbonyl (C=O) groups excluding carboxylic acids is 1. The highest BCUT2D eigenvalue weighted by molar-refractivity contribution is 5.87. The first-order valence-corrected chi connectivity index (χ1v) is 8.85. The van der Waals surface area contributed by atoms with Crippen LogP contribution in [0, 0.1) is 0 Å². The number of anilines is 1. The van der Waals surface area contributed by atoms with Gasteiger partial charge in [0, 0.05) is 12.7 Å². The fourth-order valence-corrected chi connectivity index (χ4v) is 2.86. The SMILES string of the molecule is CN(C(=O)OC(C)(C)C)c1ccc(Cc2ccc3ccccc3c2)cc1. The van der Waals surface area contributed by atoms with Crippen LogP contribution in [0.1, 0.15) is 31.9 Å². The number of fused-ring (bicyclic) bond motifs is 1. The summed E-state index contributed by atoms with van der Waals surface area (Å²) in [4.78, 5) is 13.7. The Balaban J connectivity index is 1.71. The van der Waals surface area contributed by atoms with Crippen molar-refractivity contribution in [2.75, 3.05) is 11.9 Å². The van der Waals surface area contributed by atoms with E-state index in [4.69, 9.17) is 4.74 Å². The smallest absolute Gasteiger partial charge is 0.414 e. The van der Waals surface area contributed by atoms with Crippen molar-refractivity contribution in [3.05, 3.63) is 77.9 Å². The molecule has 3 aromatic carbocycles. The molecular weight excluding hydrogens is 322 g/mol. The number of nitrogens with zero attached hydrogens (tertiary/aromatic N) is 1. The molecule has 3 rings (SSSR count). The molecule has 0 unspecified atom stereocenters. The highest BCUT2D eigenvalue weighted by Crippen LogP contribution is 2.21. The number of hydrogen-bond donors (Lipinski definition) is 0. The van der Waals surface area contributed by atoms with E-state index in [0.29, 0.717) is 0 Å². The second-order valence-electron chi connectivity index (χ2n) is 7.56. The number of carbonyl (C=O) groups is 1.